The molecule has 1 unspecified atom stereocenters. The Morgan fingerprint density at radius 1 is 0.915 bits per heavy atom. The number of benzene rings is 3. The van der Waals surface area contributed by atoms with E-state index in [0.29, 0.717) is 63.2 Å². The molecule has 0 fully saturated rings. The molecule has 0 saturated carbocycles. The lowest BCUT2D eigenvalue weighted by molar-refractivity contribution is -0.122. The largest absolute Gasteiger partial charge is 0.383 e. The first-order valence-corrected chi connectivity index (χ1v) is 16.5. The lowest BCUT2D eigenvalue weighted by Gasteiger charge is -2.27. The Morgan fingerprint density at radius 3 is 2.43 bits per heavy atom. The van der Waals surface area contributed by atoms with E-state index in [1.807, 2.05) is 79.8 Å². The predicted octanol–water partition coefficient (Wildman–Crippen LogP) is 4.32. The van der Waals surface area contributed by atoms with Gasteiger partial charge in [-0.1, -0.05) is 54.6 Å². The number of hydrogen-bond acceptors (Lipinski definition) is 9. The smallest absolute Gasteiger partial charge is 0.255 e. The van der Waals surface area contributed by atoms with E-state index < -0.39 is 6.04 Å². The average molecular weight is 657 g/mol. The molecule has 4 N–H and O–H groups in total. The van der Waals surface area contributed by atoms with Gasteiger partial charge in [0.05, 0.1) is 26.4 Å². The zero-order chi connectivity index (χ0) is 32.8. The Kier molecular flexibility index (Phi) is 12.4. The van der Waals surface area contributed by atoms with Gasteiger partial charge in [-0.05, 0) is 47.5 Å². The van der Waals surface area contributed by atoms with Crippen molar-refractivity contribution in [3.63, 3.8) is 0 Å². The first-order valence-electron chi connectivity index (χ1n) is 15.6. The number of nitrogens with zero attached hydrogens (tertiary/aromatic N) is 2. The molecule has 3 amide bonds. The number of hydrogen-bond donors (Lipinski definition) is 4. The van der Waals surface area contributed by atoms with E-state index in [0.717, 1.165) is 34.5 Å². The van der Waals surface area contributed by atoms with Gasteiger partial charge in [-0.15, -0.1) is 11.3 Å². The van der Waals surface area contributed by atoms with E-state index >= 15 is 0 Å². The number of anilines is 2. The molecular formula is C35H40N6O5S. The maximum atomic E-state index is 13.8. The number of thiazole rings is 1. The Morgan fingerprint density at radius 2 is 1.68 bits per heavy atom. The zero-order valence-electron chi connectivity index (χ0n) is 26.4. The number of nitrogens with one attached hydrogen (secondary N) is 4. The van der Waals surface area contributed by atoms with Crippen molar-refractivity contribution in [2.45, 2.75) is 19.0 Å². The second kappa shape index (κ2) is 17.3. The van der Waals surface area contributed by atoms with Crippen LogP contribution >= 0.6 is 11.3 Å². The Balaban J connectivity index is 1.11. The van der Waals surface area contributed by atoms with Gasteiger partial charge < -0.3 is 30.3 Å². The highest BCUT2D eigenvalue weighted by Gasteiger charge is 2.37. The van der Waals surface area contributed by atoms with Crippen LogP contribution in [0.2, 0.25) is 0 Å². The van der Waals surface area contributed by atoms with Gasteiger partial charge in [-0.2, -0.15) is 0 Å². The summed E-state index contributed by atoms with van der Waals surface area (Å²) >= 11 is 1.33. The summed E-state index contributed by atoms with van der Waals surface area (Å²) in [6.07, 6.45) is 1.93. The molecule has 1 atom stereocenters. The van der Waals surface area contributed by atoms with Crippen LogP contribution in [-0.4, -0.2) is 80.7 Å². The summed E-state index contributed by atoms with van der Waals surface area (Å²) in [5, 5.41) is 14.4. The number of ether oxygens (including phenoxy) is 2. The standard InChI is InChI=1S/C35H40N6O5S/c1-36-16-19-46-21-20-45-18-13-31(42)38-15-14-37-29-11-9-25(10-12-29)27-7-8-28-24-41(34(44)30(28)23-27)32(26-5-3-2-4-6-26)33(43)40-35-39-17-22-47-35/h2-12,17,22-23,32,36-37H,13-16,18-21,24H2,1H3,(H,38,42)(H,39,40,43). The number of amides is 3. The molecule has 1 aliphatic heterocycles. The summed E-state index contributed by atoms with van der Waals surface area (Å²) in [6, 6.07) is 22.3. The minimum Gasteiger partial charge on any atom is -0.383 e. The van der Waals surface area contributed by atoms with Gasteiger partial charge in [-0.25, -0.2) is 4.98 Å². The van der Waals surface area contributed by atoms with Crippen LogP contribution in [0.5, 0.6) is 0 Å². The number of fused-ring (bicyclic) bond motifs is 1. The molecule has 1 aromatic heterocycles. The summed E-state index contributed by atoms with van der Waals surface area (Å²) in [7, 11) is 1.87. The third-order valence-electron chi connectivity index (χ3n) is 7.62. The van der Waals surface area contributed by atoms with Crippen LogP contribution in [0.25, 0.3) is 11.1 Å². The van der Waals surface area contributed by atoms with Crippen molar-refractivity contribution < 1.29 is 23.9 Å². The molecule has 246 valence electrons. The van der Waals surface area contributed by atoms with Crippen LogP contribution in [0.1, 0.15) is 33.9 Å². The Hall–Kier alpha value is -4.62. The van der Waals surface area contributed by atoms with Crippen LogP contribution < -0.4 is 21.3 Å². The molecule has 47 heavy (non-hydrogen) atoms. The molecule has 0 spiro atoms. The highest BCUT2D eigenvalue weighted by Crippen LogP contribution is 2.35. The lowest BCUT2D eigenvalue weighted by Crippen LogP contribution is -2.37. The van der Waals surface area contributed by atoms with Gasteiger partial charge in [0.2, 0.25) is 5.91 Å². The molecule has 0 saturated heterocycles. The monoisotopic (exact) mass is 656 g/mol. The first kappa shape index (κ1) is 33.7. The van der Waals surface area contributed by atoms with Gasteiger partial charge in [0.1, 0.15) is 6.04 Å². The average Bonchev–Trinajstić information content (AvgIpc) is 3.72. The van der Waals surface area contributed by atoms with Crippen molar-refractivity contribution in [1.82, 2.24) is 20.5 Å². The fourth-order valence-corrected chi connectivity index (χ4v) is 5.75. The fraction of sp³-hybridized carbons (Fsp3) is 0.314. The normalized spacial score (nSPS) is 12.9. The Bertz CT molecular complexity index is 1600. The third-order valence-corrected chi connectivity index (χ3v) is 8.30. The first-order chi connectivity index (χ1) is 23.0. The van der Waals surface area contributed by atoms with Gasteiger partial charge in [-0.3, -0.25) is 19.7 Å². The van der Waals surface area contributed by atoms with Crippen molar-refractivity contribution in [1.29, 1.82) is 0 Å². The summed E-state index contributed by atoms with van der Waals surface area (Å²) in [5.41, 5.74) is 5.00. The molecule has 0 aliphatic carbocycles. The number of rotatable bonds is 18. The molecule has 1 aliphatic rings. The molecule has 11 nitrogen and oxygen atoms in total. The molecule has 12 heteroatoms. The highest BCUT2D eigenvalue weighted by molar-refractivity contribution is 7.13. The second-order valence-electron chi connectivity index (χ2n) is 10.9. The summed E-state index contributed by atoms with van der Waals surface area (Å²) in [6.45, 7) is 4.17. The van der Waals surface area contributed by atoms with Gasteiger partial charge in [0.25, 0.3) is 11.8 Å². The van der Waals surface area contributed by atoms with Crippen molar-refractivity contribution in [2.24, 2.45) is 0 Å². The number of aromatic nitrogens is 1. The quantitative estimate of drug-likeness (QED) is 0.117. The minimum atomic E-state index is -0.801. The van der Waals surface area contributed by atoms with Gasteiger partial charge >= 0.3 is 0 Å². The van der Waals surface area contributed by atoms with E-state index in [-0.39, 0.29) is 17.7 Å². The molecule has 3 aromatic carbocycles. The molecular weight excluding hydrogens is 616 g/mol. The van der Waals surface area contributed by atoms with Gasteiger partial charge in [0, 0.05) is 55.4 Å². The summed E-state index contributed by atoms with van der Waals surface area (Å²) in [5.74, 6) is -0.550. The topological polar surface area (TPSA) is 134 Å². The maximum Gasteiger partial charge on any atom is 0.255 e. The fourth-order valence-electron chi connectivity index (χ4n) is 5.22. The summed E-state index contributed by atoms with van der Waals surface area (Å²) in [4.78, 5) is 45.1. The van der Waals surface area contributed by atoms with E-state index in [4.69, 9.17) is 9.47 Å². The van der Waals surface area contributed by atoms with E-state index in [1.54, 1.807) is 16.5 Å². The van der Waals surface area contributed by atoms with Crippen molar-refractivity contribution in [2.75, 3.05) is 63.7 Å². The lowest BCUT2D eigenvalue weighted by atomic mass is 10.00. The SMILES string of the molecule is CNCCOCCOCCC(=O)NCCNc1ccc(-c2ccc3c(c2)C(=O)N(C(C(=O)Nc2nccs2)c2ccccc2)C3)cc1. The third kappa shape index (κ3) is 9.46. The van der Waals surface area contributed by atoms with E-state index in [9.17, 15) is 14.4 Å². The van der Waals surface area contributed by atoms with Crippen LogP contribution in [0.3, 0.4) is 0 Å². The van der Waals surface area contributed by atoms with Crippen molar-refractivity contribution in [3.05, 3.63) is 101 Å². The van der Waals surface area contributed by atoms with E-state index in [2.05, 4.69) is 26.3 Å². The molecule has 0 radical (unpaired) electrons. The van der Waals surface area contributed by atoms with E-state index in [1.165, 1.54) is 11.3 Å². The van der Waals surface area contributed by atoms with Crippen LogP contribution in [0.15, 0.2) is 84.4 Å². The second-order valence-corrected chi connectivity index (χ2v) is 11.8. The zero-order valence-corrected chi connectivity index (χ0v) is 27.2. The molecule has 5 rings (SSSR count). The Labute approximate surface area is 278 Å². The molecule has 4 aromatic rings. The van der Waals surface area contributed by atoms with Crippen LogP contribution in [0, 0.1) is 0 Å². The van der Waals surface area contributed by atoms with Crippen molar-refractivity contribution >= 4 is 39.9 Å². The van der Waals surface area contributed by atoms with Crippen LogP contribution in [0.4, 0.5) is 10.8 Å². The number of carbonyl (C=O) groups excluding carboxylic acids is 3. The molecule has 2 heterocycles. The van der Waals surface area contributed by atoms with Gasteiger partial charge in [0.15, 0.2) is 5.13 Å². The maximum absolute atomic E-state index is 13.8. The molecule has 0 bridgehead atoms. The minimum absolute atomic E-state index is 0.0572. The van der Waals surface area contributed by atoms with Crippen LogP contribution in [-0.2, 0) is 25.6 Å². The highest BCUT2D eigenvalue weighted by atomic mass is 32.1. The predicted molar refractivity (Wildman–Crippen MR) is 183 cm³/mol. The number of likely N-dealkylation sites (N-methyl/N-ethyl adjacent to an activating group) is 1. The van der Waals surface area contributed by atoms with Crippen molar-refractivity contribution in [3.8, 4) is 11.1 Å². The summed E-state index contributed by atoms with van der Waals surface area (Å²) < 4.78 is 10.8. The number of carbonyl (C=O) groups is 3.